The number of unbranched alkanes of at least 4 members (excludes halogenated alkanes) is 1. The molecule has 1 rings (SSSR count). The minimum absolute atomic E-state index is 0.261. The van der Waals surface area contributed by atoms with E-state index in [0.29, 0.717) is 24.3 Å². The topological polar surface area (TPSA) is 41.1 Å². The first kappa shape index (κ1) is 15.5. The van der Waals surface area contributed by atoms with Crippen LogP contribution in [-0.2, 0) is 4.79 Å². The second-order valence-corrected chi connectivity index (χ2v) is 5.76. The smallest absolute Gasteiger partial charge is 0.220 e. The quantitative estimate of drug-likeness (QED) is 0.733. The van der Waals surface area contributed by atoms with Crippen LogP contribution in [0.2, 0.25) is 0 Å². The Morgan fingerprint density at radius 2 is 2.22 bits per heavy atom. The van der Waals surface area contributed by atoms with Crippen molar-refractivity contribution in [3.05, 3.63) is 0 Å². The van der Waals surface area contributed by atoms with E-state index in [4.69, 9.17) is 0 Å². The third-order valence-corrected chi connectivity index (χ3v) is 4.15. The fourth-order valence-corrected chi connectivity index (χ4v) is 2.70. The van der Waals surface area contributed by atoms with Crippen molar-refractivity contribution in [1.82, 2.24) is 10.6 Å². The van der Waals surface area contributed by atoms with E-state index in [9.17, 15) is 4.79 Å². The average Bonchev–Trinajstić information content (AvgIpc) is 2.37. The molecule has 1 aliphatic rings. The van der Waals surface area contributed by atoms with E-state index in [0.717, 1.165) is 25.9 Å². The second kappa shape index (κ2) is 8.52. The highest BCUT2D eigenvalue weighted by Gasteiger charge is 2.23. The molecule has 1 fully saturated rings. The third kappa shape index (κ3) is 5.38. The molecule has 2 N–H and O–H groups in total. The van der Waals surface area contributed by atoms with Gasteiger partial charge in [-0.1, -0.05) is 40.0 Å². The van der Waals surface area contributed by atoms with E-state index < -0.39 is 0 Å². The zero-order valence-electron chi connectivity index (χ0n) is 12.3. The number of carbonyl (C=O) groups excluding carboxylic acids is 1. The molecule has 3 heteroatoms. The van der Waals surface area contributed by atoms with E-state index in [2.05, 4.69) is 31.4 Å². The normalized spacial score (nSPS) is 25.7. The molecule has 3 unspecified atom stereocenters. The van der Waals surface area contributed by atoms with Crippen molar-refractivity contribution in [3.63, 3.8) is 0 Å². The van der Waals surface area contributed by atoms with Crippen LogP contribution in [0.5, 0.6) is 0 Å². The van der Waals surface area contributed by atoms with Crippen molar-refractivity contribution in [2.24, 2.45) is 11.8 Å². The molecule has 1 heterocycles. The van der Waals surface area contributed by atoms with Gasteiger partial charge in [-0.15, -0.1) is 0 Å². The van der Waals surface area contributed by atoms with Gasteiger partial charge in [-0.05, 0) is 37.8 Å². The molecule has 106 valence electrons. The molecule has 0 aromatic rings. The molecule has 0 bridgehead atoms. The Balaban J connectivity index is 2.30. The van der Waals surface area contributed by atoms with Crippen molar-refractivity contribution in [3.8, 4) is 0 Å². The summed E-state index contributed by atoms with van der Waals surface area (Å²) in [5.74, 6) is 1.39. The maximum atomic E-state index is 12.1. The summed E-state index contributed by atoms with van der Waals surface area (Å²) in [7, 11) is 0. The van der Waals surface area contributed by atoms with E-state index in [1.54, 1.807) is 0 Å². The number of amides is 1. The maximum Gasteiger partial charge on any atom is 0.220 e. The SMILES string of the molecule is CCCCC(CC)CC(=O)NC1CCNCC1C. The Labute approximate surface area is 112 Å². The van der Waals surface area contributed by atoms with Gasteiger partial charge in [0.2, 0.25) is 5.91 Å². The zero-order valence-corrected chi connectivity index (χ0v) is 12.3. The van der Waals surface area contributed by atoms with Gasteiger partial charge in [0, 0.05) is 12.5 Å². The van der Waals surface area contributed by atoms with Gasteiger partial charge >= 0.3 is 0 Å². The summed E-state index contributed by atoms with van der Waals surface area (Å²) in [4.78, 5) is 12.1. The van der Waals surface area contributed by atoms with Crippen LogP contribution in [0, 0.1) is 11.8 Å². The summed E-state index contributed by atoms with van der Waals surface area (Å²) < 4.78 is 0. The number of nitrogens with one attached hydrogen (secondary N) is 2. The van der Waals surface area contributed by atoms with Crippen LogP contribution in [-0.4, -0.2) is 25.0 Å². The molecule has 0 aromatic carbocycles. The molecule has 0 saturated carbocycles. The van der Waals surface area contributed by atoms with Crippen LogP contribution < -0.4 is 10.6 Å². The first-order valence-electron chi connectivity index (χ1n) is 7.67. The van der Waals surface area contributed by atoms with E-state index in [1.807, 2.05) is 0 Å². The summed E-state index contributed by atoms with van der Waals surface area (Å²) in [6.07, 6.45) is 6.57. The van der Waals surface area contributed by atoms with Crippen molar-refractivity contribution in [2.45, 2.75) is 65.3 Å². The van der Waals surface area contributed by atoms with Crippen molar-refractivity contribution >= 4 is 5.91 Å². The predicted molar refractivity (Wildman–Crippen MR) is 76.5 cm³/mol. The Morgan fingerprint density at radius 3 is 2.83 bits per heavy atom. The van der Waals surface area contributed by atoms with Gasteiger partial charge in [-0.3, -0.25) is 4.79 Å². The summed E-state index contributed by atoms with van der Waals surface area (Å²) in [5.41, 5.74) is 0. The van der Waals surface area contributed by atoms with Crippen LogP contribution in [0.3, 0.4) is 0 Å². The molecule has 0 spiro atoms. The summed E-state index contributed by atoms with van der Waals surface area (Å²) in [6, 6.07) is 0.377. The Hall–Kier alpha value is -0.570. The van der Waals surface area contributed by atoms with Gasteiger partial charge in [0.15, 0.2) is 0 Å². The van der Waals surface area contributed by atoms with Crippen molar-refractivity contribution in [2.75, 3.05) is 13.1 Å². The van der Waals surface area contributed by atoms with Crippen molar-refractivity contribution in [1.29, 1.82) is 0 Å². The number of piperidine rings is 1. The molecule has 0 aromatic heterocycles. The Kier molecular flexibility index (Phi) is 7.33. The minimum atomic E-state index is 0.261. The van der Waals surface area contributed by atoms with Gasteiger partial charge in [0.1, 0.15) is 0 Å². The average molecular weight is 254 g/mol. The second-order valence-electron chi connectivity index (χ2n) is 5.76. The van der Waals surface area contributed by atoms with Gasteiger partial charge in [0.05, 0.1) is 0 Å². The van der Waals surface area contributed by atoms with E-state index >= 15 is 0 Å². The highest BCUT2D eigenvalue weighted by Crippen LogP contribution is 2.17. The molecular weight excluding hydrogens is 224 g/mol. The third-order valence-electron chi connectivity index (χ3n) is 4.15. The fraction of sp³-hybridized carbons (Fsp3) is 0.933. The Morgan fingerprint density at radius 1 is 1.44 bits per heavy atom. The van der Waals surface area contributed by atoms with Crippen LogP contribution in [0.4, 0.5) is 0 Å². The van der Waals surface area contributed by atoms with Gasteiger partial charge in [-0.2, -0.15) is 0 Å². The van der Waals surface area contributed by atoms with E-state index in [1.165, 1.54) is 19.3 Å². The number of carbonyl (C=O) groups is 1. The standard InChI is InChI=1S/C15H30N2O/c1-4-6-7-13(5-2)10-15(18)17-14-8-9-16-11-12(14)3/h12-14,16H,4-11H2,1-3H3,(H,17,18). The van der Waals surface area contributed by atoms with Gasteiger partial charge in [-0.25, -0.2) is 0 Å². The number of rotatable bonds is 7. The summed E-state index contributed by atoms with van der Waals surface area (Å²) in [5, 5.41) is 6.60. The molecule has 3 atom stereocenters. The first-order chi connectivity index (χ1) is 8.67. The van der Waals surface area contributed by atoms with Crippen molar-refractivity contribution < 1.29 is 4.79 Å². The molecular formula is C15H30N2O. The van der Waals surface area contributed by atoms with Gasteiger partial charge in [0.25, 0.3) is 0 Å². The molecule has 0 aliphatic carbocycles. The highest BCUT2D eigenvalue weighted by atomic mass is 16.1. The lowest BCUT2D eigenvalue weighted by molar-refractivity contribution is -0.123. The highest BCUT2D eigenvalue weighted by molar-refractivity contribution is 5.76. The summed E-state index contributed by atoms with van der Waals surface area (Å²) >= 11 is 0. The number of hydrogen-bond acceptors (Lipinski definition) is 2. The van der Waals surface area contributed by atoms with Crippen LogP contribution >= 0.6 is 0 Å². The van der Waals surface area contributed by atoms with Crippen LogP contribution in [0.25, 0.3) is 0 Å². The molecule has 18 heavy (non-hydrogen) atoms. The molecule has 1 saturated heterocycles. The molecule has 0 radical (unpaired) electrons. The number of hydrogen-bond donors (Lipinski definition) is 2. The van der Waals surface area contributed by atoms with Gasteiger partial charge < -0.3 is 10.6 Å². The maximum absolute atomic E-state index is 12.1. The minimum Gasteiger partial charge on any atom is -0.353 e. The van der Waals surface area contributed by atoms with E-state index in [-0.39, 0.29) is 5.91 Å². The molecule has 1 aliphatic heterocycles. The summed E-state index contributed by atoms with van der Waals surface area (Å²) in [6.45, 7) is 8.68. The molecule has 3 nitrogen and oxygen atoms in total. The Bertz CT molecular complexity index is 243. The first-order valence-corrected chi connectivity index (χ1v) is 7.67. The lowest BCUT2D eigenvalue weighted by Crippen LogP contribution is -2.48. The largest absolute Gasteiger partial charge is 0.353 e. The van der Waals surface area contributed by atoms with Crippen LogP contribution in [0.15, 0.2) is 0 Å². The molecule has 1 amide bonds. The lowest BCUT2D eigenvalue weighted by Gasteiger charge is -2.30. The lowest BCUT2D eigenvalue weighted by atomic mass is 9.93. The van der Waals surface area contributed by atoms with Crippen LogP contribution in [0.1, 0.15) is 59.3 Å². The fourth-order valence-electron chi connectivity index (χ4n) is 2.70. The monoisotopic (exact) mass is 254 g/mol. The zero-order chi connectivity index (χ0) is 13.4. The predicted octanol–water partition coefficient (Wildman–Crippen LogP) is 2.71.